The third-order valence-corrected chi connectivity index (χ3v) is 8.16. The van der Waals surface area contributed by atoms with Crippen molar-refractivity contribution in [2.45, 2.75) is 63.8 Å². The highest BCUT2D eigenvalue weighted by Gasteiger charge is 2.46. The van der Waals surface area contributed by atoms with Crippen LogP contribution in [-0.4, -0.2) is 63.9 Å². The second-order valence-corrected chi connectivity index (χ2v) is 10.4. The Hall–Kier alpha value is -3.36. The average Bonchev–Trinajstić information content (AvgIpc) is 3.35. The molecule has 36 heavy (non-hydrogen) atoms. The fourth-order valence-corrected chi connectivity index (χ4v) is 6.00. The molecule has 0 unspecified atom stereocenters. The van der Waals surface area contributed by atoms with Crippen LogP contribution in [0.4, 0.5) is 0 Å². The Bertz CT molecular complexity index is 1230. The van der Waals surface area contributed by atoms with E-state index in [9.17, 15) is 19.2 Å². The molecule has 9 heteroatoms. The van der Waals surface area contributed by atoms with E-state index in [1.54, 1.807) is 4.90 Å². The van der Waals surface area contributed by atoms with Crippen LogP contribution in [0, 0.1) is 5.41 Å². The summed E-state index contributed by atoms with van der Waals surface area (Å²) in [5.41, 5.74) is -0.138. The fourth-order valence-electron chi connectivity index (χ4n) is 6.00. The molecule has 2 amide bonds. The number of aromatic amines is 2. The SMILES string of the molecule is O=C(Cc1c[nH]c(=O)[nH]c1=O)N1CCC2(CCCCc3ccccc3OC[C@@H]3CCCN3C2=O)CC1. The van der Waals surface area contributed by atoms with Gasteiger partial charge in [-0.1, -0.05) is 24.6 Å². The third kappa shape index (κ3) is 4.96. The van der Waals surface area contributed by atoms with Gasteiger partial charge in [0.2, 0.25) is 11.8 Å². The molecule has 192 valence electrons. The highest BCUT2D eigenvalue weighted by molar-refractivity contribution is 5.84. The Morgan fingerprint density at radius 3 is 2.64 bits per heavy atom. The Morgan fingerprint density at radius 2 is 1.83 bits per heavy atom. The van der Waals surface area contributed by atoms with Gasteiger partial charge in [0.1, 0.15) is 12.4 Å². The number of H-pyrrole nitrogens is 2. The summed E-state index contributed by atoms with van der Waals surface area (Å²) in [6, 6.07) is 8.28. The van der Waals surface area contributed by atoms with Crippen molar-refractivity contribution in [1.29, 1.82) is 0 Å². The standard InChI is InChI=1S/C27H34N4O5/c32-23(16-20-17-28-26(35)29-24(20)33)30-14-11-27(12-15-30)10-4-3-7-19-6-1-2-9-22(19)36-18-21-8-5-13-31(21)25(27)34/h1-2,6,9,17,21H,3-5,7-8,10-16,18H2,(H2,28,29,33,35)/t21-/m0/s1. The van der Waals surface area contributed by atoms with Gasteiger partial charge in [-0.25, -0.2) is 4.79 Å². The van der Waals surface area contributed by atoms with Crippen molar-refractivity contribution in [2.75, 3.05) is 26.2 Å². The average molecular weight is 495 g/mol. The minimum absolute atomic E-state index is 0.0714. The number of nitrogens with one attached hydrogen (secondary N) is 2. The van der Waals surface area contributed by atoms with Crippen LogP contribution in [0.15, 0.2) is 40.1 Å². The number of aromatic nitrogens is 2. The largest absolute Gasteiger partial charge is 0.491 e. The highest BCUT2D eigenvalue weighted by atomic mass is 16.5. The molecule has 4 heterocycles. The van der Waals surface area contributed by atoms with Gasteiger partial charge in [0.15, 0.2) is 0 Å². The first-order valence-corrected chi connectivity index (χ1v) is 13.1. The summed E-state index contributed by atoms with van der Waals surface area (Å²) in [6.45, 7) is 2.25. The Labute approximate surface area is 209 Å². The zero-order valence-electron chi connectivity index (χ0n) is 20.6. The number of benzene rings is 1. The molecule has 9 nitrogen and oxygen atoms in total. The minimum atomic E-state index is -0.591. The molecule has 1 atom stereocenters. The van der Waals surface area contributed by atoms with Crippen LogP contribution in [0.2, 0.25) is 0 Å². The van der Waals surface area contributed by atoms with E-state index in [0.29, 0.717) is 32.5 Å². The molecular formula is C27H34N4O5. The number of fused-ring (bicyclic) bond motifs is 2. The Balaban J connectivity index is 1.30. The van der Waals surface area contributed by atoms with Gasteiger partial charge >= 0.3 is 5.69 Å². The van der Waals surface area contributed by atoms with E-state index < -0.39 is 16.7 Å². The van der Waals surface area contributed by atoms with E-state index >= 15 is 0 Å². The van der Waals surface area contributed by atoms with Crippen LogP contribution < -0.4 is 16.0 Å². The van der Waals surface area contributed by atoms with Gasteiger partial charge in [-0.2, -0.15) is 0 Å². The lowest BCUT2D eigenvalue weighted by Gasteiger charge is -2.44. The van der Waals surface area contributed by atoms with Crippen molar-refractivity contribution in [2.24, 2.45) is 5.41 Å². The lowest BCUT2D eigenvalue weighted by atomic mass is 9.72. The molecule has 2 aromatic rings. The first-order valence-electron chi connectivity index (χ1n) is 13.1. The van der Waals surface area contributed by atoms with Gasteiger partial charge in [0, 0.05) is 31.4 Å². The number of hydrogen-bond donors (Lipinski definition) is 2. The summed E-state index contributed by atoms with van der Waals surface area (Å²) in [6.07, 6.45) is 8.08. The van der Waals surface area contributed by atoms with Crippen LogP contribution >= 0.6 is 0 Å². The number of rotatable bonds is 2. The predicted octanol–water partition coefficient (Wildman–Crippen LogP) is 2.01. The number of carbonyl (C=O) groups excluding carboxylic acids is 2. The molecule has 5 rings (SSSR count). The quantitative estimate of drug-likeness (QED) is 0.663. The van der Waals surface area contributed by atoms with Gasteiger partial charge < -0.3 is 19.5 Å². The second-order valence-electron chi connectivity index (χ2n) is 10.4. The van der Waals surface area contributed by atoms with Crippen molar-refractivity contribution >= 4 is 11.8 Å². The van der Waals surface area contributed by atoms with E-state index in [-0.39, 0.29) is 29.8 Å². The van der Waals surface area contributed by atoms with E-state index in [0.717, 1.165) is 50.8 Å². The van der Waals surface area contributed by atoms with Crippen molar-refractivity contribution in [1.82, 2.24) is 19.8 Å². The third-order valence-electron chi connectivity index (χ3n) is 8.16. The van der Waals surface area contributed by atoms with Gasteiger partial charge in [-0.05, 0) is 56.6 Å². The zero-order chi connectivity index (χ0) is 25.1. The molecule has 3 aliphatic rings. The van der Waals surface area contributed by atoms with Gasteiger partial charge in [0.05, 0.1) is 17.9 Å². The van der Waals surface area contributed by atoms with Crippen LogP contribution in [-0.2, 0) is 22.4 Å². The minimum Gasteiger partial charge on any atom is -0.491 e. The Morgan fingerprint density at radius 1 is 1.03 bits per heavy atom. The number of amides is 2. The summed E-state index contributed by atoms with van der Waals surface area (Å²) in [7, 11) is 0. The molecule has 0 aliphatic carbocycles. The summed E-state index contributed by atoms with van der Waals surface area (Å²) >= 11 is 0. The second kappa shape index (κ2) is 10.3. The summed E-state index contributed by atoms with van der Waals surface area (Å²) in [5.74, 6) is 0.985. The van der Waals surface area contributed by atoms with E-state index in [1.807, 2.05) is 17.0 Å². The van der Waals surface area contributed by atoms with Gasteiger partial charge in [-0.15, -0.1) is 0 Å². The van der Waals surface area contributed by atoms with E-state index in [2.05, 4.69) is 22.1 Å². The van der Waals surface area contributed by atoms with Crippen molar-refractivity contribution in [3.05, 3.63) is 62.4 Å². The van der Waals surface area contributed by atoms with Crippen LogP contribution in [0.1, 0.15) is 56.1 Å². The fraction of sp³-hybridized carbons (Fsp3) is 0.556. The number of likely N-dealkylation sites (tertiary alicyclic amines) is 1. The summed E-state index contributed by atoms with van der Waals surface area (Å²) < 4.78 is 6.22. The van der Waals surface area contributed by atoms with Crippen molar-refractivity contribution in [3.8, 4) is 5.75 Å². The number of aryl methyl sites for hydroxylation is 1. The lowest BCUT2D eigenvalue weighted by molar-refractivity contribution is -0.150. The number of para-hydroxylation sites is 1. The molecular weight excluding hydrogens is 460 g/mol. The normalized spacial score (nSPS) is 22.2. The van der Waals surface area contributed by atoms with Crippen LogP contribution in [0.3, 0.4) is 0 Å². The molecule has 3 aliphatic heterocycles. The molecule has 1 aromatic heterocycles. The predicted molar refractivity (Wildman–Crippen MR) is 134 cm³/mol. The monoisotopic (exact) mass is 494 g/mol. The molecule has 0 saturated carbocycles. The van der Waals surface area contributed by atoms with Crippen LogP contribution in [0.25, 0.3) is 0 Å². The zero-order valence-corrected chi connectivity index (χ0v) is 20.6. The van der Waals surface area contributed by atoms with Gasteiger partial charge in [-0.3, -0.25) is 19.4 Å². The first kappa shape index (κ1) is 24.3. The first-order chi connectivity index (χ1) is 17.4. The number of ether oxygens (including phenoxy) is 1. The highest BCUT2D eigenvalue weighted by Crippen LogP contribution is 2.41. The summed E-state index contributed by atoms with van der Waals surface area (Å²) in [5, 5.41) is 0. The van der Waals surface area contributed by atoms with Crippen LogP contribution in [0.5, 0.6) is 5.75 Å². The lowest BCUT2D eigenvalue weighted by Crippen LogP contribution is -2.53. The van der Waals surface area contributed by atoms with E-state index in [4.69, 9.17) is 4.74 Å². The van der Waals surface area contributed by atoms with Crippen molar-refractivity contribution < 1.29 is 14.3 Å². The summed E-state index contributed by atoms with van der Waals surface area (Å²) in [4.78, 5) is 58.6. The smallest absolute Gasteiger partial charge is 0.325 e. The number of nitrogens with zero attached hydrogens (tertiary/aromatic N) is 2. The molecule has 2 saturated heterocycles. The molecule has 1 aromatic carbocycles. The maximum Gasteiger partial charge on any atom is 0.325 e. The molecule has 0 radical (unpaired) electrons. The molecule has 2 N–H and O–H groups in total. The molecule has 1 spiro atoms. The number of hydrogen-bond acceptors (Lipinski definition) is 5. The maximum atomic E-state index is 14.0. The maximum absolute atomic E-state index is 14.0. The molecule has 0 bridgehead atoms. The van der Waals surface area contributed by atoms with Crippen molar-refractivity contribution in [3.63, 3.8) is 0 Å². The van der Waals surface area contributed by atoms with E-state index in [1.165, 1.54) is 11.8 Å². The number of carbonyl (C=O) groups is 2. The Kier molecular flexibility index (Phi) is 6.98. The number of piperidine rings is 1. The van der Waals surface area contributed by atoms with Gasteiger partial charge in [0.25, 0.3) is 5.56 Å². The molecule has 2 fully saturated rings. The topological polar surface area (TPSA) is 116 Å².